The van der Waals surface area contributed by atoms with Crippen LogP contribution in [0.25, 0.3) is 0 Å². The van der Waals surface area contributed by atoms with Crippen LogP contribution in [-0.4, -0.2) is 113 Å². The van der Waals surface area contributed by atoms with Gasteiger partial charge in [-0.3, -0.25) is 0 Å². The Bertz CT molecular complexity index is 3030. The lowest BCUT2D eigenvalue weighted by Gasteiger charge is -2.48. The molecule has 0 bridgehead atoms. The van der Waals surface area contributed by atoms with Crippen molar-refractivity contribution in [2.75, 3.05) is 0 Å². The zero-order valence-corrected chi connectivity index (χ0v) is 87.3. The monoisotopic (exact) mass is 1560 g/mol. The molecule has 0 aromatic heterocycles. The van der Waals surface area contributed by atoms with Gasteiger partial charge in [0.2, 0.25) is 0 Å². The van der Waals surface area contributed by atoms with Gasteiger partial charge >= 0.3 is 0 Å². The van der Waals surface area contributed by atoms with Crippen LogP contribution in [0, 0.1) is 0 Å². The lowest BCUT2D eigenvalue weighted by Crippen LogP contribution is -2.61. The van der Waals surface area contributed by atoms with E-state index in [1.807, 2.05) is 43.8 Å². The van der Waals surface area contributed by atoms with Crippen LogP contribution in [0.3, 0.4) is 0 Å². The Balaban J connectivity index is 1.89. The van der Waals surface area contributed by atoms with E-state index in [1.54, 1.807) is 22.3 Å². The number of hydrogen-bond donors (Lipinski definition) is 0. The van der Waals surface area contributed by atoms with Gasteiger partial charge in [0.05, 0.1) is 0 Å². The van der Waals surface area contributed by atoms with E-state index in [9.17, 15) is 0 Å². The molecule has 98 heavy (non-hydrogen) atoms. The number of hydrogen-bond acceptors (Lipinski definition) is 0. The van der Waals surface area contributed by atoms with Crippen molar-refractivity contribution in [2.24, 2.45) is 0 Å². The SMILES string of the molecule is CC(C)c1cccc(C(C)C)c1[Si]1(c2c(C([Si](C)(C)C)[Si](C)(C)C)cc(C([Si](C)(C)C)[Si](C)(C)C)cc2C([Si](C)(C)C)[Si](C)(C)C)C2CC3C(CC21)[Si]3(c1c(C(C)C)cccc1C(C)C)c1c(C([Si](C)(C)C)[Si](C)(C)C)cc(C([Si](C)(C)C)[Si](C)(C)C)cc1C([Si](C)(C)C)[Si](C)(C)C. The van der Waals surface area contributed by atoms with Crippen LogP contribution in [-0.2, 0) is 0 Å². The third kappa shape index (κ3) is 16.1. The molecule has 4 unspecified atom stereocenters. The second-order valence-electron chi connectivity index (χ2n) is 48.0. The molecule has 0 amide bonds. The molecule has 2 saturated heterocycles. The molecule has 2 aliphatic heterocycles. The fourth-order valence-electron chi connectivity index (χ4n) is 26.0. The van der Waals surface area contributed by atoms with Crippen LogP contribution >= 0.6 is 0 Å². The van der Waals surface area contributed by atoms with E-state index in [1.165, 1.54) is 12.8 Å². The summed E-state index contributed by atoms with van der Waals surface area (Å²) in [4.78, 5) is 0. The first-order valence-electron chi connectivity index (χ1n) is 40.2. The highest BCUT2D eigenvalue weighted by Crippen LogP contribution is 2.82. The van der Waals surface area contributed by atoms with Gasteiger partial charge in [0.15, 0.2) is 0 Å². The molecule has 2 heterocycles. The van der Waals surface area contributed by atoms with Gasteiger partial charge in [-0.25, -0.2) is 0 Å². The van der Waals surface area contributed by atoms with E-state index >= 15 is 0 Å². The fourth-order valence-corrected chi connectivity index (χ4v) is 120. The minimum atomic E-state index is -2.73. The second kappa shape index (κ2) is 27.5. The molecular weight excluding hydrogens is 1400 g/mol. The van der Waals surface area contributed by atoms with Crippen molar-refractivity contribution in [3.8, 4) is 0 Å². The molecule has 3 aliphatic rings. The molecule has 1 aliphatic carbocycles. The minimum Gasteiger partial charge on any atom is -0.0693 e. The zero-order valence-electron chi connectivity index (χ0n) is 73.3. The van der Waals surface area contributed by atoms with Gasteiger partial charge in [0, 0.05) is 96.9 Å². The molecule has 552 valence electrons. The number of rotatable bonds is 26. The van der Waals surface area contributed by atoms with E-state index in [2.05, 4.69) is 362 Å². The molecule has 3 fully saturated rings. The van der Waals surface area contributed by atoms with Crippen LogP contribution in [0.4, 0.5) is 0 Å². The Kier molecular flexibility index (Phi) is 23.9. The van der Waals surface area contributed by atoms with Crippen LogP contribution in [0.15, 0.2) is 60.7 Å². The van der Waals surface area contributed by atoms with Crippen LogP contribution < -0.4 is 20.7 Å². The topological polar surface area (TPSA) is 0 Å². The Morgan fingerprint density at radius 2 is 0.367 bits per heavy atom. The lowest BCUT2D eigenvalue weighted by molar-refractivity contribution is 0.628. The Morgan fingerprint density at radius 3 is 0.500 bits per heavy atom. The largest absolute Gasteiger partial charge is 0.125 e. The smallest absolute Gasteiger partial charge is 0.0693 e. The summed E-state index contributed by atoms with van der Waals surface area (Å²) in [5, 5.41) is 12.3. The molecule has 4 atom stereocenters. The predicted octanol–water partition coefficient (Wildman–Crippen LogP) is 26.3. The van der Waals surface area contributed by atoms with E-state index in [0.717, 1.165) is 22.2 Å². The van der Waals surface area contributed by atoms with Gasteiger partial charge in [0.1, 0.15) is 16.1 Å². The Morgan fingerprint density at radius 1 is 0.224 bits per heavy atom. The normalized spacial score (nSPS) is 22.2. The molecule has 4 aromatic rings. The number of benzene rings is 4. The first-order valence-corrected chi connectivity index (χ1v) is 87.5. The van der Waals surface area contributed by atoms with Crippen molar-refractivity contribution in [1.82, 2.24) is 0 Å². The maximum absolute atomic E-state index is 3.17. The molecule has 7 rings (SSSR count). The average molecular weight is 1560 g/mol. The van der Waals surface area contributed by atoms with E-state index < -0.39 is 113 Å². The highest BCUT2D eigenvalue weighted by atomic mass is 28.4. The molecule has 0 spiro atoms. The van der Waals surface area contributed by atoms with Crippen LogP contribution in [0.5, 0.6) is 0 Å². The number of fused-ring (bicyclic) bond motifs is 2. The Labute approximate surface area is 625 Å². The van der Waals surface area contributed by atoms with Crippen molar-refractivity contribution in [1.29, 1.82) is 0 Å². The van der Waals surface area contributed by atoms with Crippen molar-refractivity contribution in [3.05, 3.63) is 116 Å². The third-order valence-corrected chi connectivity index (χ3v) is 93.1. The van der Waals surface area contributed by atoms with E-state index in [0.29, 0.717) is 54.7 Å². The first-order chi connectivity index (χ1) is 43.6. The Hall–Kier alpha value is -0.0836. The molecule has 0 nitrogen and oxygen atoms in total. The predicted molar refractivity (Wildman–Crippen MR) is 493 cm³/mol. The maximum atomic E-state index is 3.17. The van der Waals surface area contributed by atoms with Gasteiger partial charge in [0.25, 0.3) is 0 Å². The molecule has 4 aromatic carbocycles. The molecular formula is C84H160Si14. The summed E-state index contributed by atoms with van der Waals surface area (Å²) in [6, 6.07) is 28.7. The first kappa shape index (κ1) is 85.2. The van der Waals surface area contributed by atoms with Gasteiger partial charge in [-0.1, -0.05) is 365 Å². The van der Waals surface area contributed by atoms with Crippen molar-refractivity contribution in [2.45, 2.75) is 381 Å². The summed E-state index contributed by atoms with van der Waals surface area (Å²) >= 11 is 0. The standard InChI is InChI=1S/C84H160Si14/c1-57(2)63-47-45-48-64(58(3)4)75(63)97(77-67(81(89(21,22)23)90(24,25)26)51-61(79(85(9,10)11)86(12,13)14)52-68(77)82(91(27,28)29)92(30,31)32)71-55-73-74(56-72(71)97)98(73,76-65(59(5)6)49-46-50-66(76)60(7)8)78-69(83(93(33,34)35)94(36,37)38)53-62(80(87(15,16)17)88(18,19)20)54-70(78)84(95(39,40)41)96(42,43)44/h45-54,57-60,71-74,79-84H,55-56H2,1-44H3. The third-order valence-electron chi connectivity index (χ3n) is 25.3. The summed E-state index contributed by atoms with van der Waals surface area (Å²) < 4.78 is 0. The molecule has 0 radical (unpaired) electrons. The van der Waals surface area contributed by atoms with Gasteiger partial charge in [-0.05, 0) is 153 Å². The quantitative estimate of drug-likeness (QED) is 0.0550. The van der Waals surface area contributed by atoms with Crippen LogP contribution in [0.2, 0.25) is 258 Å². The molecule has 14 heteroatoms. The van der Waals surface area contributed by atoms with Gasteiger partial charge in [-0.15, -0.1) is 0 Å². The summed E-state index contributed by atoms with van der Waals surface area (Å²) in [6.07, 6.45) is 2.90. The highest BCUT2D eigenvalue weighted by molar-refractivity contribution is 7.18. The average Bonchev–Trinajstić information content (AvgIpc) is 1.45. The van der Waals surface area contributed by atoms with Crippen molar-refractivity contribution in [3.63, 3.8) is 0 Å². The van der Waals surface area contributed by atoms with Gasteiger partial charge < -0.3 is 0 Å². The van der Waals surface area contributed by atoms with Crippen molar-refractivity contribution < 1.29 is 0 Å². The van der Waals surface area contributed by atoms with Gasteiger partial charge in [-0.2, -0.15) is 0 Å². The second-order valence-corrected chi connectivity index (χ2v) is 124. The lowest BCUT2D eigenvalue weighted by atomic mass is 9.95. The fraction of sp³-hybridized carbons (Fsp3) is 0.714. The maximum Gasteiger partial charge on any atom is 0.125 e. The van der Waals surface area contributed by atoms with Crippen LogP contribution in [0.1, 0.15) is 179 Å². The van der Waals surface area contributed by atoms with E-state index in [4.69, 9.17) is 0 Å². The highest BCUT2D eigenvalue weighted by Gasteiger charge is 2.82. The summed E-state index contributed by atoms with van der Waals surface area (Å²) in [6.45, 7) is 123. The minimum absolute atomic E-state index is 0.467. The zero-order chi connectivity index (χ0) is 75.7. The van der Waals surface area contributed by atoms with E-state index in [-0.39, 0.29) is 0 Å². The van der Waals surface area contributed by atoms with Crippen molar-refractivity contribution >= 4 is 134 Å². The molecule has 1 saturated carbocycles. The molecule has 0 N–H and O–H groups in total. The summed E-state index contributed by atoms with van der Waals surface area (Å²) in [7, 11) is -27.5. The summed E-state index contributed by atoms with van der Waals surface area (Å²) in [5.41, 5.74) is 21.5. The summed E-state index contributed by atoms with van der Waals surface area (Å²) in [5.74, 6) is 1.87.